The molecule has 3 aliphatic rings. The second-order valence-electron chi connectivity index (χ2n) is 11.9. The fourth-order valence-corrected chi connectivity index (χ4v) is 6.47. The molecule has 2 N–H and O–H groups in total. The molecule has 0 aliphatic heterocycles. The van der Waals surface area contributed by atoms with Gasteiger partial charge >= 0.3 is 12.1 Å². The van der Waals surface area contributed by atoms with Crippen LogP contribution in [0.4, 0.5) is 4.79 Å². The summed E-state index contributed by atoms with van der Waals surface area (Å²) in [6, 6.07) is 22.6. The Morgan fingerprint density at radius 3 is 2.33 bits per heavy atom. The van der Waals surface area contributed by atoms with E-state index in [9.17, 15) is 19.5 Å². The lowest BCUT2D eigenvalue weighted by atomic mass is 9.58. The number of phenolic OH excluding ortho intramolecular Hbond substituents is 1. The van der Waals surface area contributed by atoms with Crippen LogP contribution in [-0.2, 0) is 25.7 Å². The van der Waals surface area contributed by atoms with Crippen LogP contribution in [-0.4, -0.2) is 43.7 Å². The number of rotatable bonds is 8. The first-order chi connectivity index (χ1) is 19.1. The van der Waals surface area contributed by atoms with E-state index in [1.807, 2.05) is 54.6 Å². The molecule has 0 radical (unpaired) electrons. The fraction of sp³-hybridized carbons (Fsp3) is 0.344. The molecule has 1 amide bonds. The third-order valence-electron chi connectivity index (χ3n) is 7.84. The number of hydrogen-bond acceptors (Lipinski definition) is 6. The molecule has 208 valence electrons. The smallest absolute Gasteiger partial charge is 0.407 e. The number of ketones is 1. The van der Waals surface area contributed by atoms with Crippen molar-refractivity contribution >= 4 is 25.9 Å². The number of alkyl carbamates (subject to hydrolysis) is 1. The van der Waals surface area contributed by atoms with Crippen LogP contribution in [0.3, 0.4) is 0 Å². The van der Waals surface area contributed by atoms with Crippen molar-refractivity contribution in [2.75, 3.05) is 6.61 Å². The minimum Gasteiger partial charge on any atom is -0.508 e. The van der Waals surface area contributed by atoms with E-state index in [0.717, 1.165) is 28.3 Å². The van der Waals surface area contributed by atoms with Gasteiger partial charge in [-0.2, -0.15) is 0 Å². The van der Waals surface area contributed by atoms with E-state index < -0.39 is 43.9 Å². The maximum atomic E-state index is 13.4. The molecule has 3 aliphatic carbocycles. The Bertz CT molecular complexity index is 1400. The van der Waals surface area contributed by atoms with Crippen LogP contribution in [0.25, 0.3) is 11.1 Å². The highest BCUT2D eigenvalue weighted by Crippen LogP contribution is 2.52. The molecule has 3 aromatic rings. The van der Waals surface area contributed by atoms with Crippen LogP contribution >= 0.6 is 0 Å². The van der Waals surface area contributed by atoms with Crippen LogP contribution in [0, 0.1) is 5.92 Å². The van der Waals surface area contributed by atoms with Crippen LogP contribution in [0.15, 0.2) is 72.8 Å². The summed E-state index contributed by atoms with van der Waals surface area (Å²) in [6.45, 7) is 6.98. The van der Waals surface area contributed by atoms with E-state index in [-0.39, 0.29) is 24.6 Å². The highest BCUT2D eigenvalue weighted by molar-refractivity contribution is 6.76. The number of carbonyl (C=O) groups is 3. The molecule has 8 heteroatoms. The Balaban J connectivity index is 1.31. The van der Waals surface area contributed by atoms with Crippen molar-refractivity contribution in [2.45, 2.75) is 56.6 Å². The summed E-state index contributed by atoms with van der Waals surface area (Å²) in [7, 11) is -1.42. The lowest BCUT2D eigenvalue weighted by Crippen LogP contribution is -2.57. The van der Waals surface area contributed by atoms with Crippen molar-refractivity contribution in [3.8, 4) is 16.9 Å². The highest BCUT2D eigenvalue weighted by Gasteiger charge is 2.55. The van der Waals surface area contributed by atoms with Gasteiger partial charge in [-0.15, -0.1) is 0 Å². The maximum absolute atomic E-state index is 13.4. The molecule has 0 spiro atoms. The van der Waals surface area contributed by atoms with Gasteiger partial charge in [-0.3, -0.25) is 9.59 Å². The molecule has 40 heavy (non-hydrogen) atoms. The average Bonchev–Trinajstić information content (AvgIpc) is 2.91. The number of esters is 1. The summed E-state index contributed by atoms with van der Waals surface area (Å²) in [6.07, 6.45) is -0.517. The average molecular weight is 558 g/mol. The Morgan fingerprint density at radius 2 is 1.62 bits per heavy atom. The SMILES string of the molecule is C[Si](C)(C)CCOC(=O)C1C2CC(=O)C(c3cc(O)ccc32)C1NC(=O)OCc1ccc(-c2ccccc2)cc1. The summed E-state index contributed by atoms with van der Waals surface area (Å²) in [5, 5.41) is 13.0. The number of phenols is 1. The van der Waals surface area contributed by atoms with Gasteiger partial charge in [0.1, 0.15) is 18.1 Å². The van der Waals surface area contributed by atoms with Crippen molar-refractivity contribution in [1.29, 1.82) is 0 Å². The van der Waals surface area contributed by atoms with Crippen LogP contribution < -0.4 is 5.32 Å². The quantitative estimate of drug-likeness (QED) is 0.260. The van der Waals surface area contributed by atoms with Gasteiger partial charge in [-0.05, 0) is 46.0 Å². The fourth-order valence-electron chi connectivity index (χ4n) is 5.76. The number of fused-ring (bicyclic) bond motifs is 2. The van der Waals surface area contributed by atoms with Gasteiger partial charge in [0.2, 0.25) is 0 Å². The summed E-state index contributed by atoms with van der Waals surface area (Å²) in [4.78, 5) is 39.6. The number of hydrogen-bond donors (Lipinski definition) is 2. The van der Waals surface area contributed by atoms with Crippen LogP contribution in [0.1, 0.15) is 34.9 Å². The van der Waals surface area contributed by atoms with Crippen molar-refractivity contribution in [3.63, 3.8) is 0 Å². The molecule has 1 fully saturated rings. The molecule has 0 heterocycles. The Kier molecular flexibility index (Phi) is 7.80. The third kappa shape index (κ3) is 5.97. The normalized spacial score (nSPS) is 21.4. The molecule has 6 rings (SSSR count). The van der Waals surface area contributed by atoms with Crippen molar-refractivity contribution < 1.29 is 29.0 Å². The van der Waals surface area contributed by atoms with Gasteiger partial charge in [0.05, 0.1) is 24.5 Å². The molecule has 4 unspecified atom stereocenters. The van der Waals surface area contributed by atoms with Gasteiger partial charge in [-0.25, -0.2) is 4.79 Å². The summed E-state index contributed by atoms with van der Waals surface area (Å²) in [5.74, 6) is -2.38. The maximum Gasteiger partial charge on any atom is 0.407 e. The number of carbonyl (C=O) groups excluding carboxylic acids is 3. The topological polar surface area (TPSA) is 102 Å². The minimum absolute atomic E-state index is 0.0358. The second kappa shape index (κ2) is 11.3. The van der Waals surface area contributed by atoms with Gasteiger partial charge in [0.25, 0.3) is 0 Å². The van der Waals surface area contributed by atoms with E-state index in [4.69, 9.17) is 9.47 Å². The number of aromatic hydroxyl groups is 1. The van der Waals surface area contributed by atoms with Gasteiger partial charge in [0.15, 0.2) is 0 Å². The third-order valence-corrected chi connectivity index (χ3v) is 9.54. The van der Waals surface area contributed by atoms with Crippen LogP contribution in [0.2, 0.25) is 25.7 Å². The largest absolute Gasteiger partial charge is 0.508 e. The first-order valence-corrected chi connectivity index (χ1v) is 17.4. The van der Waals surface area contributed by atoms with Crippen molar-refractivity contribution in [2.24, 2.45) is 5.92 Å². The van der Waals surface area contributed by atoms with E-state index in [1.165, 1.54) is 0 Å². The van der Waals surface area contributed by atoms with E-state index >= 15 is 0 Å². The number of nitrogens with one attached hydrogen (secondary N) is 1. The first kappa shape index (κ1) is 27.6. The standard InChI is InChI=1S/C32H35NO6Si/c1-40(2,3)16-15-38-31(36)29-26-18-27(35)28(25-17-23(34)13-14-24(25)26)30(29)33-32(37)39-19-20-9-11-22(12-10-20)21-7-5-4-6-8-21/h4-14,17,26,28-30,34H,15-16,18-19H2,1-3H3,(H,33,37). The van der Waals surface area contributed by atoms with Gasteiger partial charge in [0, 0.05) is 20.4 Å². The Hall–Kier alpha value is -3.91. The zero-order chi connectivity index (χ0) is 28.4. The molecule has 0 saturated heterocycles. The van der Waals surface area contributed by atoms with E-state index in [1.54, 1.807) is 18.2 Å². The highest BCUT2D eigenvalue weighted by atomic mass is 28.3. The lowest BCUT2D eigenvalue weighted by molar-refractivity contribution is -0.152. The summed E-state index contributed by atoms with van der Waals surface area (Å²) < 4.78 is 11.2. The minimum atomic E-state index is -1.42. The number of Topliss-reactive ketones (excluding diaryl/α,β-unsaturated/α-hetero) is 1. The molecule has 3 aromatic carbocycles. The molecule has 1 saturated carbocycles. The summed E-state index contributed by atoms with van der Waals surface area (Å²) >= 11 is 0. The Morgan fingerprint density at radius 1 is 0.925 bits per heavy atom. The second-order valence-corrected chi connectivity index (χ2v) is 17.5. The zero-order valence-electron chi connectivity index (χ0n) is 23.1. The molecule has 2 bridgehead atoms. The van der Waals surface area contributed by atoms with E-state index in [0.29, 0.717) is 12.2 Å². The van der Waals surface area contributed by atoms with Crippen LogP contribution in [0.5, 0.6) is 5.75 Å². The number of ether oxygens (including phenoxy) is 2. The molecular formula is C32H35NO6Si. The summed E-state index contributed by atoms with van der Waals surface area (Å²) in [5.41, 5.74) is 4.46. The Labute approximate surface area is 235 Å². The van der Waals surface area contributed by atoms with E-state index in [2.05, 4.69) is 25.0 Å². The lowest BCUT2D eigenvalue weighted by Gasteiger charge is -2.47. The first-order valence-electron chi connectivity index (χ1n) is 13.7. The van der Waals surface area contributed by atoms with Crippen molar-refractivity contribution in [3.05, 3.63) is 89.5 Å². The molecule has 0 aromatic heterocycles. The number of benzene rings is 3. The molecule has 4 atom stereocenters. The predicted molar refractivity (Wildman–Crippen MR) is 155 cm³/mol. The molecule has 7 nitrogen and oxygen atoms in total. The van der Waals surface area contributed by atoms with Gasteiger partial charge in [-0.1, -0.05) is 80.3 Å². The molecular weight excluding hydrogens is 522 g/mol. The zero-order valence-corrected chi connectivity index (χ0v) is 24.1. The number of amides is 1. The monoisotopic (exact) mass is 557 g/mol. The van der Waals surface area contributed by atoms with Gasteiger partial charge < -0.3 is 19.9 Å². The predicted octanol–water partition coefficient (Wildman–Crippen LogP) is 6.01. The van der Waals surface area contributed by atoms with Crippen molar-refractivity contribution in [1.82, 2.24) is 5.32 Å².